The fraction of sp³-hybridized carbons (Fsp3) is 0.576. The van der Waals surface area contributed by atoms with Crippen molar-refractivity contribution < 1.29 is 108 Å². The van der Waals surface area contributed by atoms with Gasteiger partial charge in [-0.15, -0.1) is 0 Å². The molecule has 0 radical (unpaired) electrons. The van der Waals surface area contributed by atoms with Crippen LogP contribution in [0, 0.1) is 5.92 Å². The summed E-state index contributed by atoms with van der Waals surface area (Å²) in [7, 11) is -19.7. The summed E-state index contributed by atoms with van der Waals surface area (Å²) in [6, 6.07) is 1.14. The van der Waals surface area contributed by atoms with E-state index in [1.54, 1.807) is 0 Å². The van der Waals surface area contributed by atoms with E-state index in [0.29, 0.717) is 0 Å². The fourth-order valence-electron chi connectivity index (χ4n) is 8.34. The highest BCUT2D eigenvalue weighted by Gasteiger charge is 2.54. The number of imidazole rings is 2. The molecule has 5 aromatic heterocycles. The van der Waals surface area contributed by atoms with Gasteiger partial charge in [0.05, 0.1) is 45.9 Å². The Balaban J connectivity index is 0.925. The first-order valence-electron chi connectivity index (χ1n) is 21.3. The number of ether oxygens (including phenoxy) is 5. The number of anilines is 3. The minimum atomic E-state index is -6.19. The van der Waals surface area contributed by atoms with E-state index in [0.717, 1.165) is 34.8 Å². The Morgan fingerprint density at radius 2 is 1.33 bits per heavy atom. The standard InChI is InChI=1S/C33H47N13O25P4/c1-43-11-46(25-18(43)27(51)42-32(36)40-25)28-19(47)12(6-61-2)13(66-28)7-64-73(55,56)70-75(59,60)71-74(57,58)65-9-15-22(23(62-3)30(68-15)44-5-4-16(34)38-33(44)52)69-72(53,54)63-8-14-20(48)21(49)29(67-14)45-10-37-17-24(45)39-31(35)41-26(17)50/h4-5,10-15,19-23,28-30,47-49H,6-9H2,1-3H3,(H11-,34,35,36,38,39,40,41,42,50,51,52,53,54,55,56,57,58,59,60)/p+1/t12-,13-,14-,15?,19-,20-,21-,22-,23-,28-,29-,30-/m1/s1. The van der Waals surface area contributed by atoms with Crippen LogP contribution < -0.4 is 38.6 Å². The zero-order valence-corrected chi connectivity index (χ0v) is 42.2. The number of methoxy groups -OCH3 is 2. The smallest absolute Gasteiger partial charge is 0.387 e. The summed E-state index contributed by atoms with van der Waals surface area (Å²) in [5.74, 6) is -1.89. The Bertz CT molecular complexity index is 3320. The van der Waals surface area contributed by atoms with Crippen molar-refractivity contribution >= 4 is 71.3 Å². The Morgan fingerprint density at radius 3 is 1.99 bits per heavy atom. The minimum absolute atomic E-state index is 0.0272. The molecule has 16 atom stereocenters. The molecule has 3 aliphatic heterocycles. The number of aromatic amines is 2. The molecule has 75 heavy (non-hydrogen) atoms. The number of fused-ring (bicyclic) bond motifs is 2. The van der Waals surface area contributed by atoms with Crippen molar-refractivity contribution in [2.24, 2.45) is 13.0 Å². The summed E-state index contributed by atoms with van der Waals surface area (Å²) < 4.78 is 114. The average molecular weight is 1150 g/mol. The molecule has 3 aliphatic rings. The maximum Gasteiger partial charge on any atom is 0.490 e. The van der Waals surface area contributed by atoms with Crippen LogP contribution in [0.2, 0.25) is 0 Å². The number of H-pyrrole nitrogens is 2. The molecule has 42 heteroatoms. The summed E-state index contributed by atoms with van der Waals surface area (Å²) in [5.41, 5.74) is 14.2. The molecule has 5 unspecified atom stereocenters. The number of nitrogens with two attached hydrogens (primary N) is 3. The molecule has 0 aliphatic carbocycles. The molecule has 3 saturated heterocycles. The minimum Gasteiger partial charge on any atom is -0.387 e. The number of aliphatic hydroxyl groups excluding tert-OH is 3. The number of rotatable bonds is 21. The molecule has 414 valence electrons. The lowest BCUT2D eigenvalue weighted by Crippen LogP contribution is -2.45. The second kappa shape index (κ2) is 21.5. The Labute approximate surface area is 416 Å². The molecule has 5 aromatic rings. The van der Waals surface area contributed by atoms with Crippen LogP contribution in [0.3, 0.4) is 0 Å². The third-order valence-corrected chi connectivity index (χ3v) is 16.8. The molecular formula is C33H48N13O25P4+. The van der Waals surface area contributed by atoms with E-state index >= 15 is 0 Å². The van der Waals surface area contributed by atoms with Gasteiger partial charge in [0.25, 0.3) is 17.1 Å². The zero-order chi connectivity index (χ0) is 54.7. The first-order valence-corrected chi connectivity index (χ1v) is 27.3. The predicted octanol–water partition coefficient (Wildman–Crippen LogP) is -4.39. The van der Waals surface area contributed by atoms with Gasteiger partial charge in [0.15, 0.2) is 29.9 Å². The van der Waals surface area contributed by atoms with Crippen molar-refractivity contribution in [3.63, 3.8) is 0 Å². The van der Waals surface area contributed by atoms with Gasteiger partial charge >= 0.3 is 42.6 Å². The van der Waals surface area contributed by atoms with Crippen LogP contribution in [-0.4, -0.2) is 168 Å². The van der Waals surface area contributed by atoms with Crippen molar-refractivity contribution in [3.8, 4) is 0 Å². The van der Waals surface area contributed by atoms with Gasteiger partial charge in [0.2, 0.25) is 17.7 Å². The molecule has 0 aromatic carbocycles. The van der Waals surface area contributed by atoms with Gasteiger partial charge in [-0.05, 0) is 6.07 Å². The molecule has 0 amide bonds. The van der Waals surface area contributed by atoms with E-state index in [4.69, 9.17) is 59.0 Å². The number of hydrogen-bond acceptors (Lipinski definition) is 28. The molecule has 3 fully saturated rings. The summed E-state index contributed by atoms with van der Waals surface area (Å²) in [4.78, 5) is 100. The molecule has 38 nitrogen and oxygen atoms in total. The maximum atomic E-state index is 13.6. The quantitative estimate of drug-likeness (QED) is 0.0244. The fourth-order valence-corrected chi connectivity index (χ4v) is 12.8. The summed E-state index contributed by atoms with van der Waals surface area (Å²) in [5, 5.41) is 32.9. The van der Waals surface area contributed by atoms with E-state index in [2.05, 4.69) is 38.5 Å². The molecule has 0 bridgehead atoms. The molecule has 8 rings (SSSR count). The summed E-state index contributed by atoms with van der Waals surface area (Å²) in [6.07, 6.45) is -14.6. The van der Waals surface area contributed by atoms with Crippen LogP contribution in [0.15, 0.2) is 39.3 Å². The van der Waals surface area contributed by atoms with Gasteiger partial charge in [0.1, 0.15) is 48.5 Å². The number of nitrogen functional groups attached to an aromatic ring is 3. The van der Waals surface area contributed by atoms with Gasteiger partial charge in [0, 0.05) is 26.3 Å². The second-order valence-electron chi connectivity index (χ2n) is 16.6. The Hall–Kier alpha value is -4.82. The topological polar surface area (TPSA) is 542 Å². The van der Waals surface area contributed by atoms with Crippen LogP contribution in [0.25, 0.3) is 22.3 Å². The van der Waals surface area contributed by atoms with Crippen LogP contribution in [0.4, 0.5) is 17.7 Å². The normalized spacial score (nSPS) is 30.4. The van der Waals surface area contributed by atoms with Crippen molar-refractivity contribution in [1.29, 1.82) is 0 Å². The van der Waals surface area contributed by atoms with E-state index in [-0.39, 0.29) is 46.6 Å². The molecule has 0 spiro atoms. The van der Waals surface area contributed by atoms with Crippen molar-refractivity contribution in [1.82, 2.24) is 43.6 Å². The molecule has 15 N–H and O–H groups in total. The Morgan fingerprint density at radius 1 is 0.720 bits per heavy atom. The molecular weight excluding hydrogens is 1100 g/mol. The molecule has 0 saturated carbocycles. The van der Waals surface area contributed by atoms with E-state index < -0.39 is 141 Å². The number of nitrogens with zero attached hydrogens (tertiary/aromatic N) is 8. The average Bonchev–Trinajstić information content (AvgIpc) is 4.10. The monoisotopic (exact) mass is 1150 g/mol. The SMILES string of the molecule is COC[C@H]1[C@@H](O)[C@H]([n+]2cn(C)c3c(=O)[nH]c(N)nc32)O[C@@H]1COP(=O)(O)OP(=O)(O)OP(=O)(O)OCC1O[C@@H](n2ccc(N)nc2=O)[C@H](OC)[C@@H]1OP(=O)(O)OC[C@H]1O[C@@H](n2cnc3c(=O)[nH]c(N)nc32)[C@H](O)[C@@H]1O. The van der Waals surface area contributed by atoms with Gasteiger partial charge in [-0.1, -0.05) is 4.98 Å². The highest BCUT2D eigenvalue weighted by Crippen LogP contribution is 2.68. The largest absolute Gasteiger partial charge is 0.490 e. The zero-order valence-electron chi connectivity index (χ0n) is 38.6. The van der Waals surface area contributed by atoms with E-state index in [1.165, 1.54) is 29.6 Å². The second-order valence-corrected chi connectivity index (χ2v) is 22.6. The van der Waals surface area contributed by atoms with Crippen LogP contribution in [-0.2, 0) is 75.7 Å². The maximum absolute atomic E-state index is 13.6. The number of aromatic nitrogens is 10. The lowest BCUT2D eigenvalue weighted by molar-refractivity contribution is -0.745. The lowest BCUT2D eigenvalue weighted by atomic mass is 9.99. The number of phosphoric ester groups is 3. The first-order chi connectivity index (χ1) is 35.1. The van der Waals surface area contributed by atoms with Gasteiger partial charge < -0.3 is 75.8 Å². The summed E-state index contributed by atoms with van der Waals surface area (Å²) in [6.45, 7) is -3.55. The number of phosphoric acid groups is 4. The summed E-state index contributed by atoms with van der Waals surface area (Å²) >= 11 is 0. The highest BCUT2D eigenvalue weighted by atomic mass is 31.3. The first kappa shape index (κ1) is 56.4. The number of hydrogen-bond donors (Lipinski definition) is 12. The van der Waals surface area contributed by atoms with E-state index in [1.807, 2.05) is 0 Å². The van der Waals surface area contributed by atoms with Crippen LogP contribution in [0.5, 0.6) is 0 Å². The van der Waals surface area contributed by atoms with E-state index in [9.17, 15) is 67.5 Å². The van der Waals surface area contributed by atoms with Gasteiger partial charge in [-0.3, -0.25) is 51.4 Å². The lowest BCUT2D eigenvalue weighted by Gasteiger charge is -2.26. The third kappa shape index (κ3) is 12.0. The van der Waals surface area contributed by atoms with Crippen molar-refractivity contribution in [2.45, 2.75) is 67.5 Å². The predicted molar refractivity (Wildman–Crippen MR) is 242 cm³/mol. The van der Waals surface area contributed by atoms with Crippen molar-refractivity contribution in [2.75, 3.05) is 57.8 Å². The van der Waals surface area contributed by atoms with Crippen LogP contribution >= 0.6 is 31.3 Å². The molecule has 8 heterocycles. The number of nitrogens with one attached hydrogen (secondary N) is 2. The number of aliphatic hydroxyl groups is 3. The van der Waals surface area contributed by atoms with Gasteiger partial charge in [-0.2, -0.15) is 18.6 Å². The van der Waals surface area contributed by atoms with Gasteiger partial charge in [-0.25, -0.2) is 32.6 Å². The third-order valence-electron chi connectivity index (χ3n) is 11.6. The highest BCUT2D eigenvalue weighted by molar-refractivity contribution is 7.66. The van der Waals surface area contributed by atoms with Crippen LogP contribution in [0.1, 0.15) is 18.7 Å². The Kier molecular flexibility index (Phi) is 16.2. The van der Waals surface area contributed by atoms with Crippen molar-refractivity contribution in [3.05, 3.63) is 56.1 Å². The number of aryl methyl sites for hydroxylation is 1.